The first-order valence-corrected chi connectivity index (χ1v) is 8.03. The number of guanidine groups is 1. The number of hydrogen-bond donors (Lipinski definition) is 2. The molecular formula is C18H27IN4O2. The van der Waals surface area contributed by atoms with E-state index in [4.69, 9.17) is 15.9 Å². The number of nitrogens with one attached hydrogen (secondary N) is 2. The fourth-order valence-electron chi connectivity index (χ4n) is 2.83. The molecule has 1 atom stereocenters. The summed E-state index contributed by atoms with van der Waals surface area (Å²) in [5.74, 6) is 4.94. The van der Waals surface area contributed by atoms with Crippen LogP contribution in [0.25, 0.3) is 0 Å². The lowest BCUT2D eigenvalue weighted by Gasteiger charge is -2.19. The predicted octanol–water partition coefficient (Wildman–Crippen LogP) is 1.69. The van der Waals surface area contributed by atoms with E-state index < -0.39 is 0 Å². The van der Waals surface area contributed by atoms with Crippen molar-refractivity contribution in [3.05, 3.63) is 23.8 Å². The van der Waals surface area contributed by atoms with E-state index in [9.17, 15) is 0 Å². The summed E-state index contributed by atoms with van der Waals surface area (Å²) in [5, 5.41) is 6.51. The van der Waals surface area contributed by atoms with Crippen LogP contribution in [0.5, 0.6) is 11.5 Å². The minimum atomic E-state index is 0. The van der Waals surface area contributed by atoms with Crippen LogP contribution in [0.15, 0.2) is 23.2 Å². The Bertz CT molecular complexity index is 593. The SMILES string of the molecule is C#CCNC(=NC)NC1CCN(Cc2cc(OC)cc(OC)c2)C1.I. The van der Waals surface area contributed by atoms with Gasteiger partial charge in [0.05, 0.1) is 20.8 Å². The zero-order valence-corrected chi connectivity index (χ0v) is 17.4. The molecule has 1 aromatic carbocycles. The molecule has 1 aromatic rings. The number of terminal acetylenes is 1. The van der Waals surface area contributed by atoms with E-state index >= 15 is 0 Å². The number of benzene rings is 1. The van der Waals surface area contributed by atoms with Crippen molar-refractivity contribution >= 4 is 29.9 Å². The maximum atomic E-state index is 5.34. The Morgan fingerprint density at radius 1 is 1.32 bits per heavy atom. The zero-order chi connectivity index (χ0) is 17.4. The second-order valence-electron chi connectivity index (χ2n) is 5.72. The fraction of sp³-hybridized carbons (Fsp3) is 0.500. The highest BCUT2D eigenvalue weighted by Gasteiger charge is 2.23. The van der Waals surface area contributed by atoms with E-state index in [1.54, 1.807) is 21.3 Å². The van der Waals surface area contributed by atoms with Crippen LogP contribution in [0.4, 0.5) is 0 Å². The highest BCUT2D eigenvalue weighted by atomic mass is 127. The van der Waals surface area contributed by atoms with Gasteiger partial charge in [0.1, 0.15) is 11.5 Å². The molecule has 0 spiro atoms. The van der Waals surface area contributed by atoms with E-state index in [0.29, 0.717) is 12.6 Å². The third-order valence-electron chi connectivity index (χ3n) is 4.01. The van der Waals surface area contributed by atoms with Gasteiger partial charge in [-0.3, -0.25) is 9.89 Å². The van der Waals surface area contributed by atoms with Gasteiger partial charge in [0.15, 0.2) is 5.96 Å². The summed E-state index contributed by atoms with van der Waals surface area (Å²) in [7, 11) is 5.09. The van der Waals surface area contributed by atoms with Gasteiger partial charge >= 0.3 is 0 Å². The quantitative estimate of drug-likeness (QED) is 0.294. The second-order valence-corrected chi connectivity index (χ2v) is 5.72. The van der Waals surface area contributed by atoms with Crippen molar-refractivity contribution in [3.8, 4) is 23.8 Å². The summed E-state index contributed by atoms with van der Waals surface area (Å²) in [6.45, 7) is 3.32. The summed E-state index contributed by atoms with van der Waals surface area (Å²) in [6.07, 6.45) is 6.34. The lowest BCUT2D eigenvalue weighted by Crippen LogP contribution is -2.44. The monoisotopic (exact) mass is 458 g/mol. The van der Waals surface area contributed by atoms with Gasteiger partial charge in [-0.1, -0.05) is 5.92 Å². The number of aliphatic imine (C=N–C) groups is 1. The molecule has 1 unspecified atom stereocenters. The van der Waals surface area contributed by atoms with Crippen molar-refractivity contribution in [3.63, 3.8) is 0 Å². The minimum absolute atomic E-state index is 0. The Morgan fingerprint density at radius 2 is 2.00 bits per heavy atom. The van der Waals surface area contributed by atoms with Crippen LogP contribution in [-0.4, -0.2) is 57.8 Å². The number of methoxy groups -OCH3 is 2. The highest BCUT2D eigenvalue weighted by molar-refractivity contribution is 14.0. The molecule has 2 N–H and O–H groups in total. The van der Waals surface area contributed by atoms with Crippen molar-refractivity contribution < 1.29 is 9.47 Å². The molecule has 7 heteroatoms. The minimum Gasteiger partial charge on any atom is -0.497 e. The molecule has 6 nitrogen and oxygen atoms in total. The van der Waals surface area contributed by atoms with Gasteiger partial charge in [-0.15, -0.1) is 30.4 Å². The molecule has 1 aliphatic heterocycles. The Balaban J connectivity index is 0.00000312. The molecule has 0 bridgehead atoms. The molecule has 0 amide bonds. The first-order chi connectivity index (χ1) is 11.7. The van der Waals surface area contributed by atoms with Crippen LogP contribution in [0.3, 0.4) is 0 Å². The standard InChI is InChI=1S/C18H26N4O2.HI/c1-5-7-20-18(19-2)21-15-6-8-22(13-15)12-14-9-16(23-3)11-17(10-14)24-4;/h1,9-11,15H,6-8,12-13H2,2-4H3,(H2,19,20,21);1H. The molecule has 25 heavy (non-hydrogen) atoms. The molecule has 0 aliphatic carbocycles. The summed E-state index contributed by atoms with van der Waals surface area (Å²) in [5.41, 5.74) is 1.18. The van der Waals surface area contributed by atoms with Gasteiger partial charge in [0, 0.05) is 38.8 Å². The molecular weight excluding hydrogens is 431 g/mol. The van der Waals surface area contributed by atoms with Crippen molar-refractivity contribution in [1.29, 1.82) is 0 Å². The number of hydrogen-bond acceptors (Lipinski definition) is 4. The third kappa shape index (κ3) is 6.63. The van der Waals surface area contributed by atoms with Crippen LogP contribution in [0.1, 0.15) is 12.0 Å². The number of nitrogens with zero attached hydrogens (tertiary/aromatic N) is 2. The van der Waals surface area contributed by atoms with Gasteiger partial charge in [-0.2, -0.15) is 0 Å². The highest BCUT2D eigenvalue weighted by Crippen LogP contribution is 2.24. The third-order valence-corrected chi connectivity index (χ3v) is 4.01. The maximum absolute atomic E-state index is 5.34. The van der Waals surface area contributed by atoms with Crippen LogP contribution in [0.2, 0.25) is 0 Å². The molecule has 1 aliphatic rings. The number of ether oxygens (including phenoxy) is 2. The van der Waals surface area contributed by atoms with Crippen molar-refractivity contribution in [2.45, 2.75) is 19.0 Å². The van der Waals surface area contributed by atoms with Gasteiger partial charge in [-0.25, -0.2) is 0 Å². The largest absolute Gasteiger partial charge is 0.497 e. The lowest BCUT2D eigenvalue weighted by atomic mass is 10.2. The van der Waals surface area contributed by atoms with Crippen molar-refractivity contribution in [1.82, 2.24) is 15.5 Å². The molecule has 0 radical (unpaired) electrons. The molecule has 0 aromatic heterocycles. The van der Waals surface area contributed by atoms with Gasteiger partial charge in [0.25, 0.3) is 0 Å². The number of halogens is 1. The molecule has 1 saturated heterocycles. The van der Waals surface area contributed by atoms with E-state index in [0.717, 1.165) is 43.5 Å². The molecule has 1 fully saturated rings. The van der Waals surface area contributed by atoms with Crippen molar-refractivity contribution in [2.75, 3.05) is 40.9 Å². The molecule has 138 valence electrons. The first-order valence-electron chi connectivity index (χ1n) is 8.03. The van der Waals surface area contributed by atoms with Crippen LogP contribution in [-0.2, 0) is 6.54 Å². The molecule has 2 rings (SSSR count). The summed E-state index contributed by atoms with van der Waals surface area (Å²) in [4.78, 5) is 6.59. The molecule has 0 saturated carbocycles. The topological polar surface area (TPSA) is 58.1 Å². The second kappa shape index (κ2) is 11.1. The fourth-order valence-corrected chi connectivity index (χ4v) is 2.83. The predicted molar refractivity (Wildman–Crippen MR) is 112 cm³/mol. The summed E-state index contributed by atoms with van der Waals surface area (Å²) >= 11 is 0. The van der Waals surface area contributed by atoms with E-state index in [2.05, 4.69) is 38.6 Å². The van der Waals surface area contributed by atoms with Crippen LogP contribution in [0, 0.1) is 12.3 Å². The Morgan fingerprint density at radius 3 is 2.56 bits per heavy atom. The lowest BCUT2D eigenvalue weighted by molar-refractivity contribution is 0.321. The maximum Gasteiger partial charge on any atom is 0.192 e. The summed E-state index contributed by atoms with van der Waals surface area (Å²) < 4.78 is 10.7. The van der Waals surface area contributed by atoms with E-state index in [1.807, 2.05) is 6.07 Å². The zero-order valence-electron chi connectivity index (χ0n) is 15.0. The van der Waals surface area contributed by atoms with Gasteiger partial charge < -0.3 is 20.1 Å². The van der Waals surface area contributed by atoms with Gasteiger partial charge in [-0.05, 0) is 24.1 Å². The van der Waals surface area contributed by atoms with Crippen LogP contribution < -0.4 is 20.1 Å². The Hall–Kier alpha value is -1.66. The smallest absolute Gasteiger partial charge is 0.192 e. The van der Waals surface area contributed by atoms with E-state index in [1.165, 1.54) is 5.56 Å². The number of likely N-dealkylation sites (tertiary alicyclic amines) is 1. The Labute approximate surface area is 167 Å². The van der Waals surface area contributed by atoms with Gasteiger partial charge in [0.2, 0.25) is 0 Å². The first kappa shape index (κ1) is 21.4. The average Bonchev–Trinajstić information content (AvgIpc) is 3.04. The van der Waals surface area contributed by atoms with Crippen molar-refractivity contribution in [2.24, 2.45) is 4.99 Å². The van der Waals surface area contributed by atoms with E-state index in [-0.39, 0.29) is 24.0 Å². The summed E-state index contributed by atoms with van der Waals surface area (Å²) in [6, 6.07) is 6.35. The normalized spacial score (nSPS) is 17.4. The average molecular weight is 458 g/mol. The molecule has 1 heterocycles. The Kier molecular flexibility index (Phi) is 9.45. The van der Waals surface area contributed by atoms with Crippen LogP contribution >= 0.6 is 24.0 Å². The number of rotatable bonds is 6.